The van der Waals surface area contributed by atoms with Crippen LogP contribution in [0.2, 0.25) is 0 Å². The third-order valence-corrected chi connectivity index (χ3v) is 5.20. The van der Waals surface area contributed by atoms with E-state index in [-0.39, 0.29) is 30.8 Å². The maximum atomic E-state index is 10.7. The van der Waals surface area contributed by atoms with Gasteiger partial charge in [0.25, 0.3) is 0 Å². The van der Waals surface area contributed by atoms with Gasteiger partial charge >= 0.3 is 0 Å². The highest BCUT2D eigenvalue weighted by Crippen LogP contribution is 2.41. The second-order valence-corrected chi connectivity index (χ2v) is 6.91. The van der Waals surface area contributed by atoms with Gasteiger partial charge in [-0.1, -0.05) is 18.2 Å². The van der Waals surface area contributed by atoms with E-state index in [1.807, 2.05) is 26.0 Å². The van der Waals surface area contributed by atoms with E-state index in [0.29, 0.717) is 6.42 Å². The minimum absolute atomic E-state index is 0.00249. The average molecular weight is 320 g/mol. The second kappa shape index (κ2) is 7.31. The molecule has 4 unspecified atom stereocenters. The first-order valence-corrected chi connectivity index (χ1v) is 8.79. The van der Waals surface area contributed by atoms with Gasteiger partial charge in [-0.2, -0.15) is 0 Å². The van der Waals surface area contributed by atoms with Crippen LogP contribution in [0.1, 0.15) is 68.2 Å². The molecule has 2 N–H and O–H groups in total. The predicted molar refractivity (Wildman–Crippen MR) is 88.3 cm³/mol. The van der Waals surface area contributed by atoms with Crippen molar-refractivity contribution in [2.75, 3.05) is 6.61 Å². The molecule has 1 aromatic rings. The third-order valence-electron chi connectivity index (χ3n) is 5.20. The van der Waals surface area contributed by atoms with Gasteiger partial charge in [0.1, 0.15) is 0 Å². The van der Waals surface area contributed by atoms with Crippen LogP contribution < -0.4 is 0 Å². The third kappa shape index (κ3) is 3.45. The Morgan fingerprint density at radius 1 is 1.22 bits per heavy atom. The zero-order valence-corrected chi connectivity index (χ0v) is 14.1. The Morgan fingerprint density at radius 2 is 2.04 bits per heavy atom. The molecule has 2 aliphatic heterocycles. The van der Waals surface area contributed by atoms with E-state index in [0.717, 1.165) is 42.6 Å². The van der Waals surface area contributed by atoms with Crippen LogP contribution in [0, 0.1) is 0 Å². The van der Waals surface area contributed by atoms with E-state index < -0.39 is 6.10 Å². The van der Waals surface area contributed by atoms with Crippen LogP contribution in [0.15, 0.2) is 18.2 Å². The minimum Gasteiger partial charge on any atom is -0.392 e. The molecule has 4 heteroatoms. The van der Waals surface area contributed by atoms with Gasteiger partial charge < -0.3 is 19.7 Å². The van der Waals surface area contributed by atoms with Gasteiger partial charge in [-0.3, -0.25) is 0 Å². The van der Waals surface area contributed by atoms with Crippen molar-refractivity contribution in [3.63, 3.8) is 0 Å². The summed E-state index contributed by atoms with van der Waals surface area (Å²) in [5, 5.41) is 20.5. The van der Waals surface area contributed by atoms with Crippen LogP contribution >= 0.6 is 0 Å². The summed E-state index contributed by atoms with van der Waals surface area (Å²) in [6, 6.07) is 5.99. The number of rotatable bonds is 3. The van der Waals surface area contributed by atoms with Gasteiger partial charge in [-0.05, 0) is 56.2 Å². The molecular formula is C19H28O4. The molecule has 5 atom stereocenters. The first kappa shape index (κ1) is 16.9. The van der Waals surface area contributed by atoms with E-state index in [2.05, 4.69) is 6.07 Å². The summed E-state index contributed by atoms with van der Waals surface area (Å²) in [6.07, 6.45) is 3.46. The molecule has 2 fully saturated rings. The maximum absolute atomic E-state index is 10.7. The number of aliphatic hydroxyl groups is 2. The molecule has 3 rings (SSSR count). The van der Waals surface area contributed by atoms with Gasteiger partial charge in [0.15, 0.2) is 0 Å². The number of benzene rings is 1. The summed E-state index contributed by atoms with van der Waals surface area (Å²) < 4.78 is 12.0. The zero-order chi connectivity index (χ0) is 16.4. The summed E-state index contributed by atoms with van der Waals surface area (Å²) in [7, 11) is 0. The Labute approximate surface area is 138 Å². The highest BCUT2D eigenvalue weighted by molar-refractivity contribution is 5.40. The number of ether oxygens (including phenoxy) is 2. The van der Waals surface area contributed by atoms with E-state index in [1.54, 1.807) is 0 Å². The molecule has 2 heterocycles. The summed E-state index contributed by atoms with van der Waals surface area (Å²) in [5.74, 6) is -0.0711. The first-order valence-electron chi connectivity index (χ1n) is 8.79. The fraction of sp³-hybridized carbons (Fsp3) is 0.684. The van der Waals surface area contributed by atoms with Crippen molar-refractivity contribution in [3.05, 3.63) is 34.9 Å². The Morgan fingerprint density at radius 3 is 2.70 bits per heavy atom. The lowest BCUT2D eigenvalue weighted by Crippen LogP contribution is -2.41. The van der Waals surface area contributed by atoms with E-state index in [4.69, 9.17) is 9.47 Å². The number of hydrogen-bond donors (Lipinski definition) is 2. The molecule has 0 bridgehead atoms. The summed E-state index contributed by atoms with van der Waals surface area (Å²) >= 11 is 0. The predicted octanol–water partition coefficient (Wildman–Crippen LogP) is 3.06. The topological polar surface area (TPSA) is 58.9 Å². The van der Waals surface area contributed by atoms with E-state index in [1.165, 1.54) is 0 Å². The molecule has 2 aliphatic rings. The molecule has 4 nitrogen and oxygen atoms in total. The van der Waals surface area contributed by atoms with Crippen LogP contribution in [-0.2, 0) is 16.1 Å². The zero-order valence-electron chi connectivity index (χ0n) is 14.1. The summed E-state index contributed by atoms with van der Waals surface area (Å²) in [6.45, 7) is 4.80. The van der Waals surface area contributed by atoms with Crippen molar-refractivity contribution in [2.24, 2.45) is 0 Å². The lowest BCUT2D eigenvalue weighted by atomic mass is 9.79. The monoisotopic (exact) mass is 320 g/mol. The Hall–Kier alpha value is -0.940. The molecule has 1 aromatic carbocycles. The Kier molecular flexibility index (Phi) is 5.37. The Bertz CT molecular complexity index is 512. The highest BCUT2D eigenvalue weighted by atomic mass is 16.5. The van der Waals surface area contributed by atoms with Crippen LogP contribution in [-0.4, -0.2) is 35.1 Å². The van der Waals surface area contributed by atoms with Crippen LogP contribution in [0.5, 0.6) is 0 Å². The fourth-order valence-electron chi connectivity index (χ4n) is 4.19. The maximum Gasteiger partial charge on any atom is 0.0831 e. The van der Waals surface area contributed by atoms with Crippen molar-refractivity contribution >= 4 is 0 Å². The van der Waals surface area contributed by atoms with Crippen molar-refractivity contribution < 1.29 is 19.7 Å². The average Bonchev–Trinajstić information content (AvgIpc) is 2.54. The van der Waals surface area contributed by atoms with Crippen molar-refractivity contribution in [2.45, 2.75) is 76.5 Å². The fourth-order valence-corrected chi connectivity index (χ4v) is 4.19. The molecular weight excluding hydrogens is 292 g/mol. The van der Waals surface area contributed by atoms with Gasteiger partial charge in [0, 0.05) is 12.5 Å². The van der Waals surface area contributed by atoms with Crippen molar-refractivity contribution in [1.82, 2.24) is 0 Å². The quantitative estimate of drug-likeness (QED) is 0.898. The van der Waals surface area contributed by atoms with Crippen LogP contribution in [0.25, 0.3) is 0 Å². The molecule has 128 valence electrons. The smallest absolute Gasteiger partial charge is 0.0831 e. The second-order valence-electron chi connectivity index (χ2n) is 6.91. The number of hydrogen-bond acceptors (Lipinski definition) is 4. The van der Waals surface area contributed by atoms with Gasteiger partial charge in [-0.15, -0.1) is 0 Å². The minimum atomic E-state index is -0.426. The van der Waals surface area contributed by atoms with Crippen LogP contribution in [0.3, 0.4) is 0 Å². The normalized spacial score (nSPS) is 35.2. The molecule has 0 saturated carbocycles. The van der Waals surface area contributed by atoms with Crippen molar-refractivity contribution in [3.8, 4) is 0 Å². The molecule has 0 radical (unpaired) electrons. The molecule has 0 aromatic heterocycles. The standard InChI is InChI=1S/C19H28O4/c1-12-10-16(21)18(13(2)23-12)15-7-5-6-14(11-20)19(15)17-8-3-4-9-22-17/h5-7,12-13,16-18,20-21H,3-4,8-11H2,1-2H3/t12?,13?,16-,17?,18?/m0/s1. The lowest BCUT2D eigenvalue weighted by molar-refractivity contribution is -0.0968. The lowest BCUT2D eigenvalue weighted by Gasteiger charge is -2.39. The van der Waals surface area contributed by atoms with Gasteiger partial charge in [0.2, 0.25) is 0 Å². The molecule has 23 heavy (non-hydrogen) atoms. The highest BCUT2D eigenvalue weighted by Gasteiger charge is 2.37. The van der Waals surface area contributed by atoms with Crippen LogP contribution in [0.4, 0.5) is 0 Å². The van der Waals surface area contributed by atoms with Gasteiger partial charge in [0.05, 0.1) is 31.0 Å². The summed E-state index contributed by atoms with van der Waals surface area (Å²) in [5.41, 5.74) is 3.06. The Balaban J connectivity index is 2.00. The molecule has 0 aliphatic carbocycles. The van der Waals surface area contributed by atoms with Gasteiger partial charge in [-0.25, -0.2) is 0 Å². The molecule has 0 amide bonds. The molecule has 0 spiro atoms. The first-order chi connectivity index (χ1) is 11.1. The van der Waals surface area contributed by atoms with E-state index >= 15 is 0 Å². The largest absolute Gasteiger partial charge is 0.392 e. The summed E-state index contributed by atoms with van der Waals surface area (Å²) in [4.78, 5) is 0. The number of aliphatic hydroxyl groups excluding tert-OH is 2. The SMILES string of the molecule is CC1C[C@H](O)C(c2cccc(CO)c2C2CCCCO2)C(C)O1. The van der Waals surface area contributed by atoms with Crippen molar-refractivity contribution in [1.29, 1.82) is 0 Å². The molecule has 2 saturated heterocycles. The van der Waals surface area contributed by atoms with E-state index in [9.17, 15) is 10.2 Å².